The zero-order chi connectivity index (χ0) is 84.8. The molecule has 6 N–H and O–H groups in total. The number of ketones is 3. The molecule has 0 saturated heterocycles. The number of hydrogen-bond acceptors (Lipinski definition) is 16. The smallest absolute Gasteiger partial charge is 0.407 e. The fraction of sp³-hybridized carbons (Fsp3) is 0.480. The molecule has 0 bridgehead atoms. The van der Waals surface area contributed by atoms with Crippen LogP contribution in [0.4, 0.5) is 57.5 Å². The van der Waals surface area contributed by atoms with Crippen LogP contribution in [0.25, 0.3) is 11.1 Å². The Kier molecular flexibility index (Phi) is 58.0. The highest BCUT2D eigenvalue weighted by Gasteiger charge is 2.48. The molecule has 0 spiro atoms. The minimum atomic E-state index is -4.70. The van der Waals surface area contributed by atoms with Crippen LogP contribution in [0, 0.1) is 17.8 Å². The Labute approximate surface area is 693 Å². The van der Waals surface area contributed by atoms with Gasteiger partial charge in [-0.15, -0.1) is 0 Å². The fourth-order valence-corrected chi connectivity index (χ4v) is 10.5. The third-order valence-corrected chi connectivity index (χ3v) is 24.0. The number of carbonyl (C=O) groups is 6. The monoisotopic (exact) mass is 1820 g/mol. The summed E-state index contributed by atoms with van der Waals surface area (Å²) in [7, 11) is 5.21. The van der Waals surface area contributed by atoms with E-state index < -0.39 is 102 Å². The first kappa shape index (κ1) is 112. The summed E-state index contributed by atoms with van der Waals surface area (Å²) in [4.78, 5) is 80.2. The number of alkyl carbamates (subject to hydrolysis) is 1. The van der Waals surface area contributed by atoms with Crippen LogP contribution in [0.15, 0.2) is 152 Å². The number of rotatable bonds is 29. The molecule has 14 nitrogen and oxygen atoms in total. The number of aromatic amines is 1. The van der Waals surface area contributed by atoms with Gasteiger partial charge in [0.1, 0.15) is 41.3 Å². The number of ether oxygens (including phenoxy) is 2. The Morgan fingerprint density at radius 2 is 0.885 bits per heavy atom. The molecule has 0 saturated carbocycles. The molecular formula is C75H96F12N4O10P6S6. The fourth-order valence-electron chi connectivity index (χ4n) is 10.5. The summed E-state index contributed by atoms with van der Waals surface area (Å²) in [5.41, 5.74) is 5.71. The van der Waals surface area contributed by atoms with Crippen LogP contribution < -0.4 is 10.6 Å². The first-order valence-corrected chi connectivity index (χ1v) is 47.7. The average Bonchev–Trinajstić information content (AvgIpc) is 1.46. The minimum Gasteiger partial charge on any atom is -0.480 e. The molecule has 626 valence electrons. The third kappa shape index (κ3) is 44.8. The van der Waals surface area contributed by atoms with Crippen LogP contribution in [-0.4, -0.2) is 111 Å². The number of Topliss-reactive ketones (excluding diaryl/α,β-unsaturated/α-hetero) is 3. The largest absolute Gasteiger partial charge is 0.480 e. The lowest BCUT2D eigenvalue weighted by molar-refractivity contribution is -0.172. The molecule has 5 aromatic carbocycles. The van der Waals surface area contributed by atoms with Crippen LogP contribution in [0.1, 0.15) is 180 Å². The summed E-state index contributed by atoms with van der Waals surface area (Å²) in [6, 6.07) is 41.0. The van der Waals surface area contributed by atoms with Gasteiger partial charge in [-0.3, -0.25) is 19.7 Å². The van der Waals surface area contributed by atoms with Crippen LogP contribution in [0.3, 0.4) is 0 Å². The van der Waals surface area contributed by atoms with Crippen molar-refractivity contribution in [2.75, 3.05) is 6.61 Å². The summed E-state index contributed by atoms with van der Waals surface area (Å²) in [6.07, 6.45) is -14.0. The summed E-state index contributed by atoms with van der Waals surface area (Å²) in [5.74, 6) is -6.74. The van der Waals surface area contributed by atoms with Gasteiger partial charge in [-0.05, 0) is 177 Å². The minimum absolute atomic E-state index is 0. The second kappa shape index (κ2) is 58.6. The van der Waals surface area contributed by atoms with Gasteiger partial charge in [-0.1, -0.05) is 194 Å². The third-order valence-electron chi connectivity index (χ3n) is 16.0. The van der Waals surface area contributed by atoms with Gasteiger partial charge in [-0.2, -0.15) is 52.7 Å². The summed E-state index contributed by atoms with van der Waals surface area (Å²) >= 11 is 26.5. The molecule has 113 heavy (non-hydrogen) atoms. The van der Waals surface area contributed by atoms with Crippen molar-refractivity contribution in [1.29, 1.82) is 0 Å². The average molecular weight is 1820 g/mol. The van der Waals surface area contributed by atoms with E-state index in [1.807, 2.05) is 121 Å². The first-order valence-electron chi connectivity index (χ1n) is 34.1. The molecule has 0 radical (unpaired) electrons. The zero-order valence-corrected chi connectivity index (χ0v) is 73.1. The molecule has 1 aromatic heterocycles. The number of carbonyl (C=O) groups excluding carboxylic acids is 5. The number of aromatic nitrogens is 2. The van der Waals surface area contributed by atoms with Crippen molar-refractivity contribution in [3.05, 3.63) is 186 Å². The summed E-state index contributed by atoms with van der Waals surface area (Å²) < 4.78 is 155. The molecule has 7 rings (SSSR count). The van der Waals surface area contributed by atoms with E-state index in [1.165, 1.54) is 20.8 Å². The Morgan fingerprint density at radius 1 is 0.522 bits per heavy atom. The second-order valence-corrected chi connectivity index (χ2v) is 38.4. The van der Waals surface area contributed by atoms with Crippen LogP contribution >= 0.6 is 42.3 Å². The lowest BCUT2D eigenvalue weighted by Gasteiger charge is -2.37. The Hall–Kier alpha value is -5.27. The number of imidazole rings is 1. The number of halogens is 12. The summed E-state index contributed by atoms with van der Waals surface area (Å²) in [6.45, 7) is 14.5. The number of aliphatic carboxylic acids is 1. The number of esters is 1. The van der Waals surface area contributed by atoms with Crippen LogP contribution in [0.2, 0.25) is 0 Å². The number of H-pyrrole nitrogens is 1. The number of nitrogens with one attached hydrogen (secondary N) is 3. The van der Waals surface area contributed by atoms with Gasteiger partial charge in [0, 0.05) is 85.8 Å². The number of carboxylic acids is 1. The Bertz CT molecular complexity index is 3600. The maximum absolute atomic E-state index is 15.3. The van der Waals surface area contributed by atoms with E-state index >= 15 is 4.79 Å². The van der Waals surface area contributed by atoms with Gasteiger partial charge >= 0.3 is 42.7 Å². The van der Waals surface area contributed by atoms with Gasteiger partial charge in [0.05, 0.1) is 30.1 Å². The zero-order valence-electron chi connectivity index (χ0n) is 62.8. The van der Waals surface area contributed by atoms with Crippen molar-refractivity contribution in [2.45, 2.75) is 207 Å². The predicted octanol–water partition coefficient (Wildman–Crippen LogP) is 23.4. The number of alkyl halides is 12. The normalized spacial score (nSPS) is 13.3. The molecule has 6 aromatic rings. The maximum Gasteiger partial charge on any atom is 0.407 e. The lowest BCUT2D eigenvalue weighted by Crippen LogP contribution is -2.52. The molecule has 0 unspecified atom stereocenters. The van der Waals surface area contributed by atoms with Crippen molar-refractivity contribution in [1.82, 2.24) is 20.6 Å². The van der Waals surface area contributed by atoms with Gasteiger partial charge in [-0.25, -0.2) is 9.78 Å². The van der Waals surface area contributed by atoms with Gasteiger partial charge in [0.15, 0.2) is 5.78 Å². The molecule has 1 heterocycles. The first-order chi connectivity index (χ1) is 51.9. The molecule has 1 amide bonds. The number of nitrogens with zero attached hydrogens (tertiary/aromatic N) is 1. The van der Waals surface area contributed by atoms with E-state index in [1.54, 1.807) is 47.1 Å². The molecule has 1 aliphatic carbocycles. The topological polar surface area (TPSA) is 225 Å². The Balaban J connectivity index is -0.00000151. The van der Waals surface area contributed by atoms with E-state index in [4.69, 9.17) is 14.6 Å². The van der Waals surface area contributed by atoms with Crippen molar-refractivity contribution in [2.24, 2.45) is 17.8 Å². The SMILES string of the molecule is C.CC(=O)CC[C@H](C)C(F)(F)F.CC(=O)CC[C@H](N[C@@H](CCC(=O)OC(C)(C)C)C(=O)O)C(F)(F)F.CCC[C@H](C)C(F)(F)F.CCC[C@H](C)C(F)(F)F.O.O=C(N[C@@H](Cc1cnc[nH]1)C(=O)C(c1ccccc1)(c1ccccc1)c1ccccc1)OCC1c2ccccc2-c2ccccc21.S=PP=S.S=PP=S.S=PP=S. The highest BCUT2D eigenvalue weighted by atomic mass is 32.7. The van der Waals surface area contributed by atoms with E-state index in [9.17, 15) is 76.7 Å². The number of carboxylic acid groups (broad SMARTS) is 1. The van der Waals surface area contributed by atoms with E-state index in [0.717, 1.165) is 101 Å². The van der Waals surface area contributed by atoms with Gasteiger partial charge in [0.2, 0.25) is 0 Å². The number of amides is 1. The van der Waals surface area contributed by atoms with Crippen molar-refractivity contribution < 1.29 is 102 Å². The number of hydrogen-bond donors (Lipinski definition) is 4. The molecular weight excluding hydrogens is 1720 g/mol. The van der Waals surface area contributed by atoms with Crippen molar-refractivity contribution in [3.63, 3.8) is 0 Å². The van der Waals surface area contributed by atoms with Crippen molar-refractivity contribution >= 4 is 148 Å². The molecule has 6 atom stereocenters. The molecule has 38 heteroatoms. The van der Waals surface area contributed by atoms with E-state index in [-0.39, 0.29) is 88.4 Å². The quantitative estimate of drug-likeness (QED) is 0.0148. The van der Waals surface area contributed by atoms with Gasteiger partial charge in [0.25, 0.3) is 0 Å². The number of fused-ring (bicyclic) bond motifs is 3. The molecule has 0 fully saturated rings. The molecule has 1 aliphatic rings. The van der Waals surface area contributed by atoms with Crippen molar-refractivity contribution in [3.8, 4) is 11.1 Å². The number of benzene rings is 5. The predicted molar refractivity (Wildman–Crippen MR) is 449 cm³/mol. The van der Waals surface area contributed by atoms with Gasteiger partial charge < -0.3 is 39.9 Å². The lowest BCUT2D eigenvalue weighted by atomic mass is 9.64. The molecule has 0 aliphatic heterocycles. The Morgan fingerprint density at radius 3 is 1.19 bits per heavy atom. The van der Waals surface area contributed by atoms with Crippen LogP contribution in [-0.2, 0) is 116 Å². The standard InChI is InChI=1S/C40H33N3O3.C15H24F3NO5.C7H11F3O.2C6H11F3.CH4.H2O.3P2S2/c44-38(40(28-14-4-1-5-15-28,29-16-6-2-7-17-29)30-18-8-3-9-19-30)37(24-31-25-41-27-42-31)43-39(45)46-26-36-34-22-12-10-20-32(34)33-21-11-13-23-35(33)36;1-9(20)5-7-11(15(16,17)18)19-10(13(22)23)6-8-12(21)24-14(2,3)4;1-5(7(8,9)10)3-4-6(2)11;2*1-3-4-5(2)6(7,8)9;;;3*3-1-2-4/h1-23,25,27,36-37H,24,26H2,(H,41,42)(H,43,45);10-11,19H,5-8H2,1-4H3,(H,22,23);5H,3-4H2,1-2H3;2*5H,3-4H2,1-2H3;1H4;1H2;;;/t37-;10-,11-;3*5-;;;;;/m00000...../s1. The highest BCUT2D eigenvalue weighted by molar-refractivity contribution is 8.41. The second-order valence-electron chi connectivity index (χ2n) is 25.7. The van der Waals surface area contributed by atoms with E-state index in [2.05, 4.69) is 110 Å². The highest BCUT2D eigenvalue weighted by Crippen LogP contribution is 2.45. The van der Waals surface area contributed by atoms with E-state index in [0.29, 0.717) is 12.8 Å². The maximum atomic E-state index is 15.3. The van der Waals surface area contributed by atoms with Crippen LogP contribution in [0.5, 0.6) is 0 Å². The summed E-state index contributed by atoms with van der Waals surface area (Å²) in [5, 5.41) is 14.0.